The molecule has 2 rings (SSSR count). The molecule has 0 spiro atoms. The van der Waals surface area contributed by atoms with E-state index in [1.165, 1.54) is 0 Å². The molecule has 0 radical (unpaired) electrons. The minimum absolute atomic E-state index is 0.0258. The van der Waals surface area contributed by atoms with Crippen molar-refractivity contribution in [3.8, 4) is 0 Å². The lowest BCUT2D eigenvalue weighted by atomic mass is 10.1. The van der Waals surface area contributed by atoms with E-state index in [9.17, 15) is 9.59 Å². The molecule has 31 heavy (non-hydrogen) atoms. The van der Waals surface area contributed by atoms with Crippen molar-refractivity contribution in [3.05, 3.63) is 53.3 Å². The number of aryl methyl sites for hydroxylation is 2. The van der Waals surface area contributed by atoms with Gasteiger partial charge in [-0.15, -0.1) is 0 Å². The zero-order chi connectivity index (χ0) is 23.0. The summed E-state index contributed by atoms with van der Waals surface area (Å²) in [7, 11) is 1.98. The smallest absolute Gasteiger partial charge is 0.322 e. The lowest BCUT2D eigenvalue weighted by Crippen LogP contribution is -2.45. The summed E-state index contributed by atoms with van der Waals surface area (Å²) in [6.07, 6.45) is 3.80. The molecule has 1 aromatic heterocycles. The molecule has 0 saturated heterocycles. The first-order chi connectivity index (χ1) is 14.7. The van der Waals surface area contributed by atoms with Gasteiger partial charge in [-0.05, 0) is 55.5 Å². The van der Waals surface area contributed by atoms with E-state index in [2.05, 4.69) is 26.1 Å². The number of rotatable bonds is 10. The minimum atomic E-state index is -0.223. The van der Waals surface area contributed by atoms with Crippen molar-refractivity contribution in [3.63, 3.8) is 0 Å². The number of carbonyl (C=O) groups is 2. The molecule has 6 heteroatoms. The zero-order valence-corrected chi connectivity index (χ0v) is 19.9. The summed E-state index contributed by atoms with van der Waals surface area (Å²) in [5.74, 6) is 0.319. The molecular formula is C25H38N4O2. The van der Waals surface area contributed by atoms with Crippen LogP contribution in [0.15, 0.2) is 36.5 Å². The first-order valence-corrected chi connectivity index (χ1v) is 11.2. The standard InChI is InChI=1S/C25H38N4O2/c1-7-8-15-28(25(31)26-23-13-9-11-20(4)21(23)5)18-24(30)29(16-19(2)3)17-22-12-10-14-27(22)6/h9-14,19H,7-8,15-18H2,1-6H3,(H,26,31). The van der Waals surface area contributed by atoms with E-state index in [1.54, 1.807) is 4.90 Å². The van der Waals surface area contributed by atoms with E-state index in [0.29, 0.717) is 25.6 Å². The summed E-state index contributed by atoms with van der Waals surface area (Å²) in [5, 5.41) is 3.01. The number of carbonyl (C=O) groups excluding carboxylic acids is 2. The fourth-order valence-electron chi connectivity index (χ4n) is 3.50. The van der Waals surface area contributed by atoms with Crippen molar-refractivity contribution in [2.45, 2.75) is 54.0 Å². The number of benzene rings is 1. The van der Waals surface area contributed by atoms with Gasteiger partial charge in [0.15, 0.2) is 0 Å². The highest BCUT2D eigenvalue weighted by molar-refractivity contribution is 5.93. The summed E-state index contributed by atoms with van der Waals surface area (Å²) < 4.78 is 2.03. The van der Waals surface area contributed by atoms with Gasteiger partial charge in [0.05, 0.1) is 6.54 Å². The molecule has 0 saturated carbocycles. The Labute approximate surface area is 187 Å². The van der Waals surface area contributed by atoms with Gasteiger partial charge in [-0.25, -0.2) is 4.79 Å². The van der Waals surface area contributed by atoms with E-state index >= 15 is 0 Å². The minimum Gasteiger partial charge on any atom is -0.353 e. The molecule has 1 N–H and O–H groups in total. The van der Waals surface area contributed by atoms with E-state index in [0.717, 1.165) is 35.3 Å². The highest BCUT2D eigenvalue weighted by atomic mass is 16.2. The molecule has 0 atom stereocenters. The van der Waals surface area contributed by atoms with Crippen LogP contribution in [0.1, 0.15) is 50.4 Å². The predicted octanol–water partition coefficient (Wildman–Crippen LogP) is 4.96. The molecule has 0 bridgehead atoms. The number of aromatic nitrogens is 1. The summed E-state index contributed by atoms with van der Waals surface area (Å²) in [4.78, 5) is 29.8. The number of nitrogens with one attached hydrogen (secondary N) is 1. The van der Waals surface area contributed by atoms with Crippen LogP contribution >= 0.6 is 0 Å². The SMILES string of the molecule is CCCCN(CC(=O)N(Cc1cccn1C)CC(C)C)C(=O)Nc1cccc(C)c1C. The quantitative estimate of drug-likeness (QED) is 0.584. The van der Waals surface area contributed by atoms with Gasteiger partial charge in [0.1, 0.15) is 6.54 Å². The average Bonchev–Trinajstić information content (AvgIpc) is 3.12. The number of anilines is 1. The largest absolute Gasteiger partial charge is 0.353 e. The fourth-order valence-corrected chi connectivity index (χ4v) is 3.50. The molecule has 0 fully saturated rings. The third kappa shape index (κ3) is 7.16. The second-order valence-electron chi connectivity index (χ2n) is 8.73. The Bertz CT molecular complexity index is 872. The second-order valence-corrected chi connectivity index (χ2v) is 8.73. The van der Waals surface area contributed by atoms with E-state index in [4.69, 9.17) is 0 Å². The van der Waals surface area contributed by atoms with Gasteiger partial charge in [-0.1, -0.05) is 39.3 Å². The maximum atomic E-state index is 13.3. The summed E-state index contributed by atoms with van der Waals surface area (Å²) in [5.41, 5.74) is 4.04. The van der Waals surface area contributed by atoms with Crippen molar-refractivity contribution in [1.82, 2.24) is 14.4 Å². The second kappa shape index (κ2) is 11.6. The Morgan fingerprint density at radius 1 is 1.10 bits per heavy atom. The Morgan fingerprint density at radius 3 is 2.45 bits per heavy atom. The van der Waals surface area contributed by atoms with Crippen molar-refractivity contribution in [1.29, 1.82) is 0 Å². The molecule has 0 unspecified atom stereocenters. The van der Waals surface area contributed by atoms with Crippen LogP contribution in [0.5, 0.6) is 0 Å². The summed E-state index contributed by atoms with van der Waals surface area (Å²) in [6, 6.07) is 9.65. The van der Waals surface area contributed by atoms with Gasteiger partial charge in [-0.3, -0.25) is 4.79 Å². The zero-order valence-electron chi connectivity index (χ0n) is 19.9. The van der Waals surface area contributed by atoms with E-state index in [-0.39, 0.29) is 18.5 Å². The number of amides is 3. The molecular weight excluding hydrogens is 388 g/mol. The molecule has 0 aliphatic carbocycles. The Balaban J connectivity index is 2.15. The summed E-state index contributed by atoms with van der Waals surface area (Å²) >= 11 is 0. The molecule has 1 heterocycles. The van der Waals surface area contributed by atoms with Crippen LogP contribution in [0.2, 0.25) is 0 Å². The maximum absolute atomic E-state index is 13.3. The first-order valence-electron chi connectivity index (χ1n) is 11.2. The van der Waals surface area contributed by atoms with Gasteiger partial charge in [0.2, 0.25) is 5.91 Å². The van der Waals surface area contributed by atoms with Crippen LogP contribution in [-0.2, 0) is 18.4 Å². The highest BCUT2D eigenvalue weighted by Crippen LogP contribution is 2.19. The number of unbranched alkanes of at least 4 members (excludes halogenated alkanes) is 1. The monoisotopic (exact) mass is 426 g/mol. The Morgan fingerprint density at radius 2 is 1.84 bits per heavy atom. The van der Waals surface area contributed by atoms with Gasteiger partial charge in [0, 0.05) is 37.7 Å². The van der Waals surface area contributed by atoms with Gasteiger partial charge >= 0.3 is 6.03 Å². The number of nitrogens with zero attached hydrogens (tertiary/aromatic N) is 3. The van der Waals surface area contributed by atoms with E-state index in [1.807, 2.05) is 66.9 Å². The van der Waals surface area contributed by atoms with Crippen molar-refractivity contribution in [2.24, 2.45) is 13.0 Å². The first kappa shape index (κ1) is 24.5. The fraction of sp³-hybridized carbons (Fsp3) is 0.520. The molecule has 1 aromatic carbocycles. The van der Waals surface area contributed by atoms with Crippen molar-refractivity contribution in [2.75, 3.05) is 25.0 Å². The van der Waals surface area contributed by atoms with Crippen LogP contribution in [0.25, 0.3) is 0 Å². The molecule has 0 aliphatic rings. The van der Waals surface area contributed by atoms with Crippen molar-refractivity contribution < 1.29 is 9.59 Å². The van der Waals surface area contributed by atoms with Crippen LogP contribution in [0.4, 0.5) is 10.5 Å². The average molecular weight is 427 g/mol. The van der Waals surface area contributed by atoms with Crippen molar-refractivity contribution >= 4 is 17.6 Å². The number of hydrogen-bond donors (Lipinski definition) is 1. The van der Waals surface area contributed by atoms with Gasteiger partial charge in [0.25, 0.3) is 0 Å². The van der Waals surface area contributed by atoms with E-state index < -0.39 is 0 Å². The molecule has 170 valence electrons. The molecule has 6 nitrogen and oxygen atoms in total. The molecule has 3 amide bonds. The predicted molar refractivity (Wildman–Crippen MR) is 127 cm³/mol. The van der Waals surface area contributed by atoms with Crippen LogP contribution < -0.4 is 5.32 Å². The third-order valence-electron chi connectivity index (χ3n) is 5.58. The molecule has 0 aliphatic heterocycles. The highest BCUT2D eigenvalue weighted by Gasteiger charge is 2.23. The maximum Gasteiger partial charge on any atom is 0.322 e. The molecule has 2 aromatic rings. The van der Waals surface area contributed by atoms with Crippen LogP contribution in [0, 0.1) is 19.8 Å². The Kier molecular flexibility index (Phi) is 9.16. The normalized spacial score (nSPS) is 10.9. The van der Waals surface area contributed by atoms with Gasteiger partial charge < -0.3 is 19.7 Å². The third-order valence-corrected chi connectivity index (χ3v) is 5.58. The lowest BCUT2D eigenvalue weighted by Gasteiger charge is -2.29. The summed E-state index contributed by atoms with van der Waals surface area (Å²) in [6.45, 7) is 12.1. The Hall–Kier alpha value is -2.76. The number of urea groups is 1. The van der Waals surface area contributed by atoms with Gasteiger partial charge in [-0.2, -0.15) is 0 Å². The lowest BCUT2D eigenvalue weighted by molar-refractivity contribution is -0.133. The van der Waals surface area contributed by atoms with Crippen LogP contribution in [0.3, 0.4) is 0 Å². The topological polar surface area (TPSA) is 57.6 Å². The van der Waals surface area contributed by atoms with Crippen LogP contribution in [-0.4, -0.2) is 45.9 Å². The number of hydrogen-bond acceptors (Lipinski definition) is 2.